The van der Waals surface area contributed by atoms with E-state index < -0.39 is 0 Å². The molecule has 1 saturated heterocycles. The van der Waals surface area contributed by atoms with E-state index >= 15 is 0 Å². The molecule has 2 rings (SSSR count). The summed E-state index contributed by atoms with van der Waals surface area (Å²) < 4.78 is 11.4. The minimum absolute atomic E-state index is 0.134. The van der Waals surface area contributed by atoms with E-state index in [1.807, 2.05) is 6.92 Å². The number of carbonyl (C=O) groups excluding carboxylic acids is 1. The van der Waals surface area contributed by atoms with Gasteiger partial charge in [0.25, 0.3) is 0 Å². The maximum Gasteiger partial charge on any atom is 0.161 e. The lowest BCUT2D eigenvalue weighted by molar-refractivity contribution is -0.135. The molecule has 1 saturated carbocycles. The van der Waals surface area contributed by atoms with Crippen LogP contribution in [0.5, 0.6) is 0 Å². The summed E-state index contributed by atoms with van der Waals surface area (Å²) in [5.74, 6) is 0.802. The van der Waals surface area contributed by atoms with Crippen LogP contribution in [0, 0.1) is 5.92 Å². The number of carbonyl (C=O) groups is 1. The summed E-state index contributed by atoms with van der Waals surface area (Å²) in [6.07, 6.45) is 11.5. The van der Waals surface area contributed by atoms with Crippen molar-refractivity contribution >= 4 is 5.78 Å². The van der Waals surface area contributed by atoms with Gasteiger partial charge in [-0.05, 0) is 51.4 Å². The average molecular weight is 282 g/mol. The topological polar surface area (TPSA) is 35.5 Å². The second kappa shape index (κ2) is 8.78. The Balaban J connectivity index is 1.73. The number of hydrogen-bond donors (Lipinski definition) is 0. The Morgan fingerprint density at radius 1 is 1.20 bits per heavy atom. The van der Waals surface area contributed by atoms with Crippen molar-refractivity contribution in [1.82, 2.24) is 0 Å². The quantitative estimate of drug-likeness (QED) is 0.677. The SMILES string of the molecule is CCOC(C(=O)CCCC1CCCO1)C1CCCCC1. The van der Waals surface area contributed by atoms with Gasteiger partial charge in [-0.15, -0.1) is 0 Å². The maximum atomic E-state index is 12.4. The van der Waals surface area contributed by atoms with Crippen LogP contribution in [0.3, 0.4) is 0 Å². The van der Waals surface area contributed by atoms with Gasteiger partial charge in [0, 0.05) is 19.6 Å². The number of hydrogen-bond acceptors (Lipinski definition) is 3. The predicted octanol–water partition coefficient (Wildman–Crippen LogP) is 3.89. The summed E-state index contributed by atoms with van der Waals surface area (Å²) in [6, 6.07) is 0. The van der Waals surface area contributed by atoms with Gasteiger partial charge in [0.15, 0.2) is 5.78 Å². The molecule has 2 fully saturated rings. The molecule has 1 heterocycles. The van der Waals surface area contributed by atoms with Crippen molar-refractivity contribution in [2.45, 2.75) is 83.3 Å². The molecule has 116 valence electrons. The highest BCUT2D eigenvalue weighted by molar-refractivity contribution is 5.83. The van der Waals surface area contributed by atoms with Crippen LogP contribution in [-0.4, -0.2) is 31.2 Å². The first-order valence-electron chi connectivity index (χ1n) is 8.57. The molecule has 0 aromatic rings. The molecule has 0 radical (unpaired) electrons. The summed E-state index contributed by atoms with van der Waals surface area (Å²) in [5, 5.41) is 0. The van der Waals surface area contributed by atoms with Crippen LogP contribution in [-0.2, 0) is 14.3 Å². The van der Waals surface area contributed by atoms with Crippen LogP contribution in [0.1, 0.15) is 71.1 Å². The Bertz CT molecular complexity index is 278. The van der Waals surface area contributed by atoms with E-state index in [0.717, 1.165) is 19.4 Å². The van der Waals surface area contributed by atoms with Crippen molar-refractivity contribution in [3.63, 3.8) is 0 Å². The molecule has 0 N–H and O–H groups in total. The molecule has 0 bridgehead atoms. The molecule has 1 aliphatic heterocycles. The molecule has 3 heteroatoms. The zero-order chi connectivity index (χ0) is 14.2. The summed E-state index contributed by atoms with van der Waals surface area (Å²) in [7, 11) is 0. The zero-order valence-corrected chi connectivity index (χ0v) is 12.9. The lowest BCUT2D eigenvalue weighted by Gasteiger charge is -2.29. The van der Waals surface area contributed by atoms with E-state index in [9.17, 15) is 4.79 Å². The molecule has 20 heavy (non-hydrogen) atoms. The molecule has 0 amide bonds. The first-order chi connectivity index (χ1) is 9.81. The smallest absolute Gasteiger partial charge is 0.161 e. The van der Waals surface area contributed by atoms with Gasteiger partial charge in [0.2, 0.25) is 0 Å². The van der Waals surface area contributed by atoms with E-state index in [1.165, 1.54) is 44.9 Å². The largest absolute Gasteiger partial charge is 0.378 e. The Hall–Kier alpha value is -0.410. The van der Waals surface area contributed by atoms with Gasteiger partial charge >= 0.3 is 0 Å². The number of ketones is 1. The predicted molar refractivity (Wildman–Crippen MR) is 79.8 cm³/mol. The Labute approximate surface area is 123 Å². The van der Waals surface area contributed by atoms with Gasteiger partial charge in [-0.1, -0.05) is 19.3 Å². The lowest BCUT2D eigenvalue weighted by atomic mass is 9.83. The molecule has 0 spiro atoms. The minimum atomic E-state index is -0.134. The van der Waals surface area contributed by atoms with Crippen molar-refractivity contribution in [3.05, 3.63) is 0 Å². The van der Waals surface area contributed by atoms with Gasteiger partial charge in [0.05, 0.1) is 6.10 Å². The van der Waals surface area contributed by atoms with Crippen LogP contribution >= 0.6 is 0 Å². The highest BCUT2D eigenvalue weighted by atomic mass is 16.5. The molecule has 0 aromatic heterocycles. The van der Waals surface area contributed by atoms with Crippen molar-refractivity contribution < 1.29 is 14.3 Å². The minimum Gasteiger partial charge on any atom is -0.378 e. The highest BCUT2D eigenvalue weighted by Gasteiger charge is 2.29. The molecule has 1 aliphatic carbocycles. The van der Waals surface area contributed by atoms with Crippen LogP contribution in [0.15, 0.2) is 0 Å². The summed E-state index contributed by atoms with van der Waals surface area (Å²) in [6.45, 7) is 3.55. The van der Waals surface area contributed by atoms with E-state index in [-0.39, 0.29) is 6.10 Å². The Morgan fingerprint density at radius 3 is 2.65 bits per heavy atom. The fourth-order valence-electron chi connectivity index (χ4n) is 3.63. The number of Topliss-reactive ketones (excluding diaryl/α,β-unsaturated/α-hetero) is 1. The van der Waals surface area contributed by atoms with Gasteiger partial charge in [0.1, 0.15) is 6.10 Å². The van der Waals surface area contributed by atoms with E-state index in [4.69, 9.17) is 9.47 Å². The number of rotatable bonds is 8. The average Bonchev–Trinajstić information content (AvgIpc) is 2.99. The third kappa shape index (κ3) is 4.85. The Morgan fingerprint density at radius 2 is 2.00 bits per heavy atom. The monoisotopic (exact) mass is 282 g/mol. The van der Waals surface area contributed by atoms with E-state index in [1.54, 1.807) is 0 Å². The van der Waals surface area contributed by atoms with Crippen LogP contribution in [0.2, 0.25) is 0 Å². The molecular weight excluding hydrogens is 252 g/mol. The first-order valence-corrected chi connectivity index (χ1v) is 8.57. The van der Waals surface area contributed by atoms with Crippen molar-refractivity contribution in [2.24, 2.45) is 5.92 Å². The standard InChI is InChI=1S/C17H30O3/c1-2-19-17(14-8-4-3-5-9-14)16(18)12-6-10-15-11-7-13-20-15/h14-15,17H,2-13H2,1H3. The molecular formula is C17H30O3. The third-order valence-electron chi connectivity index (χ3n) is 4.71. The fraction of sp³-hybridized carbons (Fsp3) is 0.941. The van der Waals surface area contributed by atoms with E-state index in [0.29, 0.717) is 30.8 Å². The van der Waals surface area contributed by atoms with Gasteiger partial charge in [-0.25, -0.2) is 0 Å². The van der Waals surface area contributed by atoms with Crippen molar-refractivity contribution in [2.75, 3.05) is 13.2 Å². The molecule has 0 aromatic carbocycles. The second-order valence-electron chi connectivity index (χ2n) is 6.27. The second-order valence-corrected chi connectivity index (χ2v) is 6.27. The van der Waals surface area contributed by atoms with Crippen LogP contribution in [0.4, 0.5) is 0 Å². The van der Waals surface area contributed by atoms with Crippen LogP contribution in [0.25, 0.3) is 0 Å². The molecule has 3 nitrogen and oxygen atoms in total. The normalized spacial score (nSPS) is 25.8. The van der Waals surface area contributed by atoms with Gasteiger partial charge < -0.3 is 9.47 Å². The fourth-order valence-corrected chi connectivity index (χ4v) is 3.63. The van der Waals surface area contributed by atoms with Gasteiger partial charge in [-0.2, -0.15) is 0 Å². The van der Waals surface area contributed by atoms with Crippen molar-refractivity contribution in [1.29, 1.82) is 0 Å². The lowest BCUT2D eigenvalue weighted by Crippen LogP contribution is -2.34. The molecule has 2 aliphatic rings. The summed E-state index contributed by atoms with van der Waals surface area (Å²) in [4.78, 5) is 12.4. The number of ether oxygens (including phenoxy) is 2. The maximum absolute atomic E-state index is 12.4. The molecule has 2 unspecified atom stereocenters. The van der Waals surface area contributed by atoms with Gasteiger partial charge in [-0.3, -0.25) is 4.79 Å². The zero-order valence-electron chi connectivity index (χ0n) is 12.9. The highest BCUT2D eigenvalue weighted by Crippen LogP contribution is 2.29. The third-order valence-corrected chi connectivity index (χ3v) is 4.71. The summed E-state index contributed by atoms with van der Waals surface area (Å²) in [5.41, 5.74) is 0. The summed E-state index contributed by atoms with van der Waals surface area (Å²) >= 11 is 0. The molecule has 2 atom stereocenters. The van der Waals surface area contributed by atoms with E-state index in [2.05, 4.69) is 0 Å². The Kier molecular flexibility index (Phi) is 7.01. The van der Waals surface area contributed by atoms with Crippen LogP contribution < -0.4 is 0 Å². The van der Waals surface area contributed by atoms with Crippen molar-refractivity contribution in [3.8, 4) is 0 Å². The first kappa shape index (κ1) is 16.0.